The smallest absolute Gasteiger partial charge is 0.325 e. The first-order chi connectivity index (χ1) is 12.4. The molecule has 0 saturated carbocycles. The largest absolute Gasteiger partial charge is 0.465 e. The maximum absolute atomic E-state index is 13.0. The number of aryl methyl sites for hydroxylation is 3. The quantitative estimate of drug-likeness (QED) is 0.712. The molecular formula is C22H27NO3. The average molecular weight is 353 g/mol. The van der Waals surface area contributed by atoms with Gasteiger partial charge in [-0.3, -0.25) is 9.59 Å². The Balaban J connectivity index is 2.20. The zero-order valence-corrected chi connectivity index (χ0v) is 16.0. The molecule has 4 heteroatoms. The van der Waals surface area contributed by atoms with E-state index in [2.05, 4.69) is 12.1 Å². The summed E-state index contributed by atoms with van der Waals surface area (Å²) in [5.74, 6) is -0.453. The van der Waals surface area contributed by atoms with Crippen LogP contribution in [0.3, 0.4) is 0 Å². The van der Waals surface area contributed by atoms with Crippen molar-refractivity contribution in [3.63, 3.8) is 0 Å². The van der Waals surface area contributed by atoms with E-state index in [9.17, 15) is 9.59 Å². The van der Waals surface area contributed by atoms with Crippen molar-refractivity contribution < 1.29 is 14.3 Å². The molecule has 0 fully saturated rings. The van der Waals surface area contributed by atoms with E-state index in [4.69, 9.17) is 4.74 Å². The highest BCUT2D eigenvalue weighted by atomic mass is 16.5. The Morgan fingerprint density at radius 3 is 2.19 bits per heavy atom. The Labute approximate surface area is 155 Å². The molecule has 0 aliphatic heterocycles. The lowest BCUT2D eigenvalue weighted by Gasteiger charge is -2.23. The van der Waals surface area contributed by atoms with Crippen molar-refractivity contribution in [2.75, 3.05) is 13.2 Å². The van der Waals surface area contributed by atoms with E-state index >= 15 is 0 Å². The molecule has 0 spiro atoms. The first-order valence-corrected chi connectivity index (χ1v) is 8.94. The Morgan fingerprint density at radius 2 is 1.62 bits per heavy atom. The third-order valence-electron chi connectivity index (χ3n) is 4.36. The van der Waals surface area contributed by atoms with Gasteiger partial charge in [0.25, 0.3) is 0 Å². The second kappa shape index (κ2) is 9.18. The number of hydrogen-bond donors (Lipinski definition) is 0. The molecule has 0 atom stereocenters. The van der Waals surface area contributed by atoms with Gasteiger partial charge in [-0.25, -0.2) is 0 Å². The fourth-order valence-corrected chi connectivity index (χ4v) is 3.15. The van der Waals surface area contributed by atoms with Crippen molar-refractivity contribution >= 4 is 11.9 Å². The number of carbonyl (C=O) groups is 2. The molecule has 0 unspecified atom stereocenters. The highest BCUT2D eigenvalue weighted by Crippen LogP contribution is 2.18. The Morgan fingerprint density at radius 1 is 1.00 bits per heavy atom. The van der Waals surface area contributed by atoms with Gasteiger partial charge in [-0.05, 0) is 49.9 Å². The number of esters is 1. The van der Waals surface area contributed by atoms with Crippen LogP contribution in [0.25, 0.3) is 0 Å². The van der Waals surface area contributed by atoms with Crippen molar-refractivity contribution in [3.8, 4) is 0 Å². The molecule has 4 nitrogen and oxygen atoms in total. The minimum Gasteiger partial charge on any atom is -0.465 e. The number of nitrogens with zero attached hydrogens (tertiary/aromatic N) is 1. The minimum atomic E-state index is -0.380. The molecule has 0 aliphatic carbocycles. The normalized spacial score (nSPS) is 10.5. The molecule has 2 aromatic rings. The number of amides is 1. The van der Waals surface area contributed by atoms with Crippen LogP contribution in [0.5, 0.6) is 0 Å². The van der Waals surface area contributed by atoms with Crippen LogP contribution in [-0.2, 0) is 27.3 Å². The van der Waals surface area contributed by atoms with Gasteiger partial charge in [0.2, 0.25) is 5.91 Å². The van der Waals surface area contributed by atoms with Gasteiger partial charge in [0.15, 0.2) is 0 Å². The lowest BCUT2D eigenvalue weighted by molar-refractivity contribution is -0.149. The molecule has 2 rings (SSSR count). The van der Waals surface area contributed by atoms with E-state index in [1.165, 1.54) is 5.56 Å². The van der Waals surface area contributed by atoms with E-state index in [1.54, 1.807) is 11.8 Å². The molecule has 0 aliphatic rings. The van der Waals surface area contributed by atoms with Gasteiger partial charge in [0, 0.05) is 6.54 Å². The van der Waals surface area contributed by atoms with Gasteiger partial charge in [0.05, 0.1) is 13.0 Å². The predicted octanol–water partition coefficient (Wildman–Crippen LogP) is 3.75. The summed E-state index contributed by atoms with van der Waals surface area (Å²) in [5, 5.41) is 0. The third kappa shape index (κ3) is 5.45. The van der Waals surface area contributed by atoms with Crippen LogP contribution in [0.4, 0.5) is 0 Å². The summed E-state index contributed by atoms with van der Waals surface area (Å²) in [7, 11) is 0. The van der Waals surface area contributed by atoms with Crippen molar-refractivity contribution in [2.24, 2.45) is 0 Å². The lowest BCUT2D eigenvalue weighted by Crippen LogP contribution is -2.37. The fourth-order valence-electron chi connectivity index (χ4n) is 3.15. The fraction of sp³-hybridized carbons (Fsp3) is 0.364. The maximum Gasteiger partial charge on any atom is 0.325 e. The van der Waals surface area contributed by atoms with Crippen LogP contribution >= 0.6 is 0 Å². The number of hydrogen-bond acceptors (Lipinski definition) is 3. The van der Waals surface area contributed by atoms with Crippen LogP contribution in [0.15, 0.2) is 42.5 Å². The van der Waals surface area contributed by atoms with Gasteiger partial charge in [-0.2, -0.15) is 0 Å². The topological polar surface area (TPSA) is 46.6 Å². The molecule has 138 valence electrons. The van der Waals surface area contributed by atoms with Crippen molar-refractivity contribution in [3.05, 3.63) is 70.3 Å². The second-order valence-electron chi connectivity index (χ2n) is 6.59. The molecule has 1 amide bonds. The lowest BCUT2D eigenvalue weighted by atomic mass is 9.97. The highest BCUT2D eigenvalue weighted by molar-refractivity contribution is 5.84. The zero-order valence-electron chi connectivity index (χ0n) is 16.0. The van der Waals surface area contributed by atoms with Crippen molar-refractivity contribution in [1.82, 2.24) is 4.90 Å². The predicted molar refractivity (Wildman–Crippen MR) is 103 cm³/mol. The summed E-state index contributed by atoms with van der Waals surface area (Å²) in [6, 6.07) is 13.9. The summed E-state index contributed by atoms with van der Waals surface area (Å²) >= 11 is 0. The molecule has 26 heavy (non-hydrogen) atoms. The summed E-state index contributed by atoms with van der Waals surface area (Å²) in [4.78, 5) is 26.5. The number of ether oxygens (including phenoxy) is 1. The van der Waals surface area contributed by atoms with E-state index in [-0.39, 0.29) is 24.8 Å². The van der Waals surface area contributed by atoms with E-state index in [0.717, 1.165) is 22.3 Å². The summed E-state index contributed by atoms with van der Waals surface area (Å²) in [6.07, 6.45) is 0.282. The average Bonchev–Trinajstić information content (AvgIpc) is 2.58. The monoisotopic (exact) mass is 353 g/mol. The van der Waals surface area contributed by atoms with E-state index in [1.807, 2.05) is 51.1 Å². The van der Waals surface area contributed by atoms with Gasteiger partial charge in [-0.1, -0.05) is 48.0 Å². The van der Waals surface area contributed by atoms with Crippen molar-refractivity contribution in [1.29, 1.82) is 0 Å². The van der Waals surface area contributed by atoms with Crippen LogP contribution in [0.1, 0.15) is 34.7 Å². The van der Waals surface area contributed by atoms with Crippen LogP contribution in [-0.4, -0.2) is 29.9 Å². The van der Waals surface area contributed by atoms with Crippen molar-refractivity contribution in [2.45, 2.75) is 40.7 Å². The highest BCUT2D eigenvalue weighted by Gasteiger charge is 2.20. The van der Waals surface area contributed by atoms with Gasteiger partial charge in [-0.15, -0.1) is 0 Å². The molecule has 0 saturated heterocycles. The van der Waals surface area contributed by atoms with Gasteiger partial charge < -0.3 is 9.64 Å². The van der Waals surface area contributed by atoms with E-state index in [0.29, 0.717) is 13.2 Å². The van der Waals surface area contributed by atoms with E-state index < -0.39 is 0 Å². The number of carbonyl (C=O) groups excluding carboxylic acids is 2. The number of benzene rings is 2. The summed E-state index contributed by atoms with van der Waals surface area (Å²) < 4.78 is 5.04. The minimum absolute atomic E-state index is 0.0362. The van der Waals surface area contributed by atoms with Crippen LogP contribution in [0.2, 0.25) is 0 Å². The van der Waals surface area contributed by atoms with Crippen LogP contribution in [0, 0.1) is 20.8 Å². The molecule has 0 N–H and O–H groups in total. The zero-order chi connectivity index (χ0) is 19.1. The molecule has 0 heterocycles. The molecular weight excluding hydrogens is 326 g/mol. The Hall–Kier alpha value is -2.62. The SMILES string of the molecule is CCOC(=O)CN(Cc1ccccc1)C(=O)Cc1c(C)cc(C)cc1C. The van der Waals surface area contributed by atoms with Gasteiger partial charge in [0.1, 0.15) is 6.54 Å². The van der Waals surface area contributed by atoms with Gasteiger partial charge >= 0.3 is 5.97 Å². The molecule has 0 aromatic heterocycles. The first-order valence-electron chi connectivity index (χ1n) is 8.94. The maximum atomic E-state index is 13.0. The first kappa shape index (κ1) is 19.7. The third-order valence-corrected chi connectivity index (χ3v) is 4.36. The summed E-state index contributed by atoms with van der Waals surface area (Å²) in [5.41, 5.74) is 5.41. The molecule has 0 bridgehead atoms. The second-order valence-corrected chi connectivity index (χ2v) is 6.59. The number of rotatable bonds is 7. The molecule has 0 radical (unpaired) electrons. The summed E-state index contributed by atoms with van der Waals surface area (Å²) in [6.45, 7) is 8.52. The molecule has 2 aromatic carbocycles. The Bertz CT molecular complexity index is 745. The van der Waals surface area contributed by atoms with Crippen LogP contribution < -0.4 is 0 Å². The standard InChI is InChI=1S/C22H27NO3/c1-5-26-22(25)15-23(14-19-9-7-6-8-10-19)21(24)13-20-17(3)11-16(2)12-18(20)4/h6-12H,5,13-15H2,1-4H3. The Kier molecular flexibility index (Phi) is 6.96.